The summed E-state index contributed by atoms with van der Waals surface area (Å²) in [7, 11) is 3.08. The molecule has 0 saturated heterocycles. The molecule has 0 amide bonds. The molecule has 8 heteroatoms. The van der Waals surface area contributed by atoms with E-state index in [0.29, 0.717) is 47.2 Å². The molecule has 1 N–H and O–H groups in total. The number of aromatic hydroxyl groups is 1. The van der Waals surface area contributed by atoms with Crippen LogP contribution >= 0.6 is 0 Å². The summed E-state index contributed by atoms with van der Waals surface area (Å²) in [5, 5.41) is 10.5. The summed E-state index contributed by atoms with van der Waals surface area (Å²) in [6.45, 7) is 5.26. The standard InChI is InChI=1S/C56H90O8/c1-5-7-9-11-13-15-17-19-21-23-25-27-29-31-33-35-39-62-52(58)38-37-46-41-50-53(54(64-55(50)51(42-46)61-4)47-43-48(57)45-49(44-47)60-3)56(59)63-40-36-34-32-30-28-26-24-22-20-18-16-14-12-10-8-6-2/h37-38,41-45,53-54,57H,5-36,39-40H2,1-4H3/b38-37+/t53-,54-/m0/s1. The van der Waals surface area contributed by atoms with E-state index in [1.165, 1.54) is 193 Å². The third-order valence-electron chi connectivity index (χ3n) is 12.8. The van der Waals surface area contributed by atoms with Gasteiger partial charge in [-0.2, -0.15) is 0 Å². The summed E-state index contributed by atoms with van der Waals surface area (Å²) < 4.78 is 29.1. The number of phenols is 1. The molecule has 1 aliphatic heterocycles. The van der Waals surface area contributed by atoms with Crippen molar-refractivity contribution in [2.75, 3.05) is 27.4 Å². The van der Waals surface area contributed by atoms with E-state index in [9.17, 15) is 14.7 Å². The molecule has 2 atom stereocenters. The lowest BCUT2D eigenvalue weighted by Crippen LogP contribution is -2.22. The van der Waals surface area contributed by atoms with Crippen molar-refractivity contribution in [1.29, 1.82) is 0 Å². The number of rotatable bonds is 40. The maximum atomic E-state index is 14.0. The van der Waals surface area contributed by atoms with Crippen molar-refractivity contribution < 1.29 is 38.4 Å². The Bertz CT molecular complexity index is 1550. The quantitative estimate of drug-likeness (QED) is 0.0401. The highest BCUT2D eigenvalue weighted by molar-refractivity contribution is 5.88. The van der Waals surface area contributed by atoms with Crippen molar-refractivity contribution in [3.8, 4) is 23.0 Å². The van der Waals surface area contributed by atoms with E-state index in [4.69, 9.17) is 23.7 Å². The lowest BCUT2D eigenvalue weighted by atomic mass is 9.89. The molecule has 0 aliphatic carbocycles. The smallest absolute Gasteiger partial charge is 0.330 e. The van der Waals surface area contributed by atoms with Gasteiger partial charge in [-0.25, -0.2) is 4.79 Å². The van der Waals surface area contributed by atoms with Crippen LogP contribution in [0.5, 0.6) is 23.0 Å². The van der Waals surface area contributed by atoms with Crippen molar-refractivity contribution in [3.63, 3.8) is 0 Å². The highest BCUT2D eigenvalue weighted by Crippen LogP contribution is 2.52. The normalized spacial score (nSPS) is 14.4. The van der Waals surface area contributed by atoms with Crippen molar-refractivity contribution in [2.45, 2.75) is 231 Å². The minimum Gasteiger partial charge on any atom is -0.508 e. The second kappa shape index (κ2) is 35.6. The van der Waals surface area contributed by atoms with Crippen LogP contribution in [0, 0.1) is 0 Å². The number of carbonyl (C=O) groups excluding carboxylic acids is 2. The monoisotopic (exact) mass is 891 g/mol. The summed E-state index contributed by atoms with van der Waals surface area (Å²) in [5.74, 6) is -0.325. The van der Waals surface area contributed by atoms with E-state index < -0.39 is 24.0 Å². The van der Waals surface area contributed by atoms with E-state index in [2.05, 4.69) is 13.8 Å². The lowest BCUT2D eigenvalue weighted by molar-refractivity contribution is -0.147. The maximum absolute atomic E-state index is 14.0. The van der Waals surface area contributed by atoms with Crippen LogP contribution < -0.4 is 14.2 Å². The summed E-state index contributed by atoms with van der Waals surface area (Å²) in [5.41, 5.74) is 1.85. The van der Waals surface area contributed by atoms with Crippen LogP contribution in [-0.4, -0.2) is 44.5 Å². The van der Waals surface area contributed by atoms with Gasteiger partial charge in [0.15, 0.2) is 11.5 Å². The zero-order valence-corrected chi connectivity index (χ0v) is 41.0. The van der Waals surface area contributed by atoms with E-state index in [1.54, 1.807) is 31.4 Å². The molecule has 64 heavy (non-hydrogen) atoms. The minimum atomic E-state index is -0.827. The van der Waals surface area contributed by atoms with Gasteiger partial charge in [0.2, 0.25) is 0 Å². The fourth-order valence-corrected chi connectivity index (χ4v) is 8.96. The number of carbonyl (C=O) groups is 2. The van der Waals surface area contributed by atoms with Gasteiger partial charge < -0.3 is 28.8 Å². The first-order valence-corrected chi connectivity index (χ1v) is 26.2. The SMILES string of the molecule is CCCCCCCCCCCCCCCCCCOC(=O)/C=C/c1cc(OC)c2c(c1)[C@H](C(=O)OCCCCCCCCCCCCCCCCCC)[C@H](c1cc(O)cc(OC)c1)O2. The topological polar surface area (TPSA) is 101 Å². The van der Waals surface area contributed by atoms with Gasteiger partial charge in [0.25, 0.3) is 0 Å². The predicted octanol–water partition coefficient (Wildman–Crippen LogP) is 16.2. The molecule has 362 valence electrons. The molecule has 0 spiro atoms. The first kappa shape index (κ1) is 54.7. The molecule has 1 aliphatic rings. The fourth-order valence-electron chi connectivity index (χ4n) is 8.96. The van der Waals surface area contributed by atoms with Crippen LogP contribution in [0.2, 0.25) is 0 Å². The molecule has 3 rings (SSSR count). The molecule has 2 aromatic carbocycles. The Labute approximate surface area is 390 Å². The first-order chi connectivity index (χ1) is 31.4. The highest BCUT2D eigenvalue weighted by atomic mass is 16.6. The molecule has 0 saturated carbocycles. The molecule has 8 nitrogen and oxygen atoms in total. The number of phenolic OH excluding ortho intramolecular Hbond substituents is 1. The van der Waals surface area contributed by atoms with Crippen LogP contribution in [0.1, 0.15) is 248 Å². The van der Waals surface area contributed by atoms with E-state index in [0.717, 1.165) is 32.1 Å². The van der Waals surface area contributed by atoms with Gasteiger partial charge in [-0.05, 0) is 48.7 Å². The molecule has 2 aromatic rings. The number of methoxy groups -OCH3 is 2. The summed E-state index contributed by atoms with van der Waals surface area (Å²) in [6, 6.07) is 8.48. The Hall–Kier alpha value is -3.68. The van der Waals surface area contributed by atoms with Crippen LogP contribution in [0.4, 0.5) is 0 Å². The molecule has 0 bridgehead atoms. The number of fused-ring (bicyclic) bond motifs is 1. The average Bonchev–Trinajstić information content (AvgIpc) is 3.69. The molecule has 0 fully saturated rings. The molecular weight excluding hydrogens is 801 g/mol. The Morgan fingerprint density at radius 3 is 1.42 bits per heavy atom. The summed E-state index contributed by atoms with van der Waals surface area (Å²) in [6.07, 6.45) is 43.5. The largest absolute Gasteiger partial charge is 0.508 e. The number of esters is 2. The fraction of sp³-hybridized carbons (Fsp3) is 0.714. The second-order valence-electron chi connectivity index (χ2n) is 18.4. The second-order valence-corrected chi connectivity index (χ2v) is 18.4. The maximum Gasteiger partial charge on any atom is 0.330 e. The Morgan fingerprint density at radius 1 is 0.547 bits per heavy atom. The van der Waals surface area contributed by atoms with Gasteiger partial charge in [0, 0.05) is 23.3 Å². The summed E-state index contributed by atoms with van der Waals surface area (Å²) in [4.78, 5) is 26.7. The molecular formula is C56H90O8. The Morgan fingerprint density at radius 2 is 0.984 bits per heavy atom. The number of ether oxygens (including phenoxy) is 5. The Kier molecular flexibility index (Phi) is 30.4. The van der Waals surface area contributed by atoms with Gasteiger partial charge in [0.1, 0.15) is 23.5 Å². The van der Waals surface area contributed by atoms with E-state index in [-0.39, 0.29) is 5.75 Å². The zero-order chi connectivity index (χ0) is 45.9. The van der Waals surface area contributed by atoms with E-state index >= 15 is 0 Å². The summed E-state index contributed by atoms with van der Waals surface area (Å²) >= 11 is 0. The van der Waals surface area contributed by atoms with Crippen molar-refractivity contribution in [1.82, 2.24) is 0 Å². The van der Waals surface area contributed by atoms with Crippen molar-refractivity contribution in [3.05, 3.63) is 53.1 Å². The first-order valence-electron chi connectivity index (χ1n) is 26.2. The third-order valence-corrected chi connectivity index (χ3v) is 12.8. The zero-order valence-electron chi connectivity index (χ0n) is 41.0. The van der Waals surface area contributed by atoms with Gasteiger partial charge in [-0.15, -0.1) is 0 Å². The minimum absolute atomic E-state index is 0.00266. The predicted molar refractivity (Wildman–Crippen MR) is 264 cm³/mol. The molecule has 0 aromatic heterocycles. The number of benzene rings is 2. The van der Waals surface area contributed by atoms with Gasteiger partial charge >= 0.3 is 11.9 Å². The molecule has 0 radical (unpaired) electrons. The lowest BCUT2D eigenvalue weighted by Gasteiger charge is -2.19. The van der Waals surface area contributed by atoms with E-state index in [1.807, 2.05) is 6.07 Å². The van der Waals surface area contributed by atoms with Crippen LogP contribution in [0.25, 0.3) is 6.08 Å². The van der Waals surface area contributed by atoms with Crippen molar-refractivity contribution in [2.24, 2.45) is 0 Å². The van der Waals surface area contributed by atoms with Crippen LogP contribution in [0.3, 0.4) is 0 Å². The third kappa shape index (κ3) is 23.0. The van der Waals surface area contributed by atoms with Crippen LogP contribution in [0.15, 0.2) is 36.4 Å². The number of unbranched alkanes of at least 4 members (excludes halogenated alkanes) is 30. The van der Waals surface area contributed by atoms with Crippen molar-refractivity contribution >= 4 is 18.0 Å². The molecule has 1 heterocycles. The van der Waals surface area contributed by atoms with Crippen LogP contribution in [-0.2, 0) is 19.1 Å². The number of hydrogen-bond donors (Lipinski definition) is 1. The van der Waals surface area contributed by atoms with Gasteiger partial charge in [-0.1, -0.05) is 206 Å². The Balaban J connectivity index is 1.42. The number of hydrogen-bond acceptors (Lipinski definition) is 8. The van der Waals surface area contributed by atoms with Gasteiger partial charge in [-0.3, -0.25) is 4.79 Å². The highest BCUT2D eigenvalue weighted by Gasteiger charge is 2.44. The molecule has 0 unspecified atom stereocenters. The van der Waals surface area contributed by atoms with Gasteiger partial charge in [0.05, 0.1) is 27.4 Å². The average molecular weight is 891 g/mol.